The summed E-state index contributed by atoms with van der Waals surface area (Å²) < 4.78 is 19.2. The predicted octanol–water partition coefficient (Wildman–Crippen LogP) is 36.6. The Morgan fingerprint density at radius 2 is 0.555 bits per heavy atom. The molecule has 8 nitrogen and oxygen atoms in total. The quantitative estimate of drug-likeness (QED) is 0.102. The lowest BCUT2D eigenvalue weighted by atomic mass is 9.82. The predicted molar refractivity (Wildman–Crippen MR) is 583 cm³/mol. The molecule has 10 heteroatoms. The minimum atomic E-state index is -0.156. The molecule has 6 aromatic heterocycles. The highest BCUT2D eigenvalue weighted by molar-refractivity contribution is 7.26. The molecule has 0 fully saturated rings. The Kier molecular flexibility index (Phi) is 18.6. The highest BCUT2D eigenvalue weighted by Crippen LogP contribution is 2.53. The zero-order valence-electron chi connectivity index (χ0n) is 75.0. The van der Waals surface area contributed by atoms with Gasteiger partial charge in [0.15, 0.2) is 0 Å². The normalized spacial score (nSPS) is 12.4. The number of hydrogen-bond acceptors (Lipinski definition) is 7. The van der Waals surface area contributed by atoms with E-state index in [0.29, 0.717) is 0 Å². The van der Waals surface area contributed by atoms with Crippen LogP contribution in [0.1, 0.15) is 25.0 Å². The molecule has 0 saturated heterocycles. The fraction of sp³-hybridized carbons (Fsp3) is 0.0236. The number of furan rings is 1. The van der Waals surface area contributed by atoms with Gasteiger partial charge < -0.3 is 37.7 Å². The zero-order chi connectivity index (χ0) is 90.5. The fourth-order valence-corrected chi connectivity index (χ4v) is 24.1. The largest absolute Gasteiger partial charge is 0.456 e. The van der Waals surface area contributed by atoms with Gasteiger partial charge in [-0.1, -0.05) is 257 Å². The Balaban J connectivity index is 0.000000144. The highest BCUT2D eigenvalue weighted by atomic mass is 32.1. The number of para-hydroxylation sites is 9. The van der Waals surface area contributed by atoms with Crippen LogP contribution in [0, 0.1) is 0 Å². The number of thiophene rings is 2. The van der Waals surface area contributed by atoms with E-state index in [4.69, 9.17) is 4.42 Å². The van der Waals surface area contributed by atoms with E-state index in [1.807, 2.05) is 22.7 Å². The molecule has 646 valence electrons. The molecule has 0 aliphatic heterocycles. The maximum atomic E-state index is 6.79. The highest BCUT2D eigenvalue weighted by Gasteiger charge is 2.36. The van der Waals surface area contributed by atoms with Crippen LogP contribution in [0.25, 0.3) is 167 Å². The van der Waals surface area contributed by atoms with Crippen LogP contribution in [0.15, 0.2) is 484 Å². The summed E-state index contributed by atoms with van der Waals surface area (Å²) in [6, 6.07) is 175. The lowest BCUT2D eigenvalue weighted by Gasteiger charge is -2.27. The summed E-state index contributed by atoms with van der Waals surface area (Å²) in [6.07, 6.45) is 0. The van der Waals surface area contributed by atoms with Crippen LogP contribution in [0.5, 0.6) is 0 Å². The molecule has 0 atom stereocenters. The van der Waals surface area contributed by atoms with Crippen LogP contribution >= 0.6 is 22.7 Å². The summed E-state index contributed by atoms with van der Waals surface area (Å²) in [5.41, 5.74) is 30.7. The Morgan fingerprint density at radius 1 is 0.197 bits per heavy atom. The zero-order valence-corrected chi connectivity index (χ0v) is 76.6. The second-order valence-electron chi connectivity index (χ2n) is 36.3. The molecular formula is C127H85N7OS2. The van der Waals surface area contributed by atoms with Crippen molar-refractivity contribution < 1.29 is 4.42 Å². The third kappa shape index (κ3) is 13.1. The molecule has 0 N–H and O–H groups in total. The molecule has 0 spiro atoms. The van der Waals surface area contributed by atoms with Gasteiger partial charge in [-0.2, -0.15) is 0 Å². The van der Waals surface area contributed by atoms with Crippen molar-refractivity contribution >= 4 is 229 Å². The standard InChI is InChI=1S/C73H48N4O.C54H37N3S2/c1-73(2)62-24-10-5-19-52(62)53-35-30-48(42-63(53)73)77-69-38-33-46(40-60(69)58-36-31-49(43-70(58)77)75-65-25-11-6-20-54(65)55-21-7-12-26-66(55)75)74(64-29-15-17-45-16-3-4-18-51(45)64)47-34-39-71-61(41-47)59-37-32-50(44-72(59)78-71)76-67-27-13-8-22-56(67)57-23-9-14-28-68(57)76;1-6-16-38(17-7-1)55(39-18-8-2-9-19-39)43-27-32-52-49(35-43)50-36-45(29-33-53(50)58-52)57(42-24-14-5-15-25-42)44-28-31-51-48(34-44)47-30-26-46(37-54(47)59-51)56(40-20-10-3-11-21-40)41-22-12-4-13-23-41/h3-44H,1-2H3;1-37H. The molecular weight excluding hydrogens is 1700 g/mol. The summed E-state index contributed by atoms with van der Waals surface area (Å²) in [6.45, 7) is 4.74. The van der Waals surface area contributed by atoms with Gasteiger partial charge in [0.25, 0.3) is 0 Å². The molecule has 0 bridgehead atoms. The molecule has 27 aromatic rings. The van der Waals surface area contributed by atoms with E-state index in [1.54, 1.807) is 0 Å². The first kappa shape index (κ1) is 79.5. The van der Waals surface area contributed by atoms with Crippen molar-refractivity contribution in [3.05, 3.63) is 490 Å². The number of rotatable bonds is 15. The first-order valence-electron chi connectivity index (χ1n) is 46.8. The number of hydrogen-bond donors (Lipinski definition) is 0. The molecule has 0 saturated carbocycles. The Bertz CT molecular complexity index is 9310. The van der Waals surface area contributed by atoms with E-state index >= 15 is 0 Å². The SMILES string of the molecule is CC1(C)c2ccccc2-c2ccc(-n3c4ccc(N(c5ccc6oc7cc(-n8c9ccccc9c9ccccc98)ccc7c6c5)c5cccc6ccccc56)cc4c4ccc(-n5c6ccccc6c6ccccc65)cc43)cc21.c1ccc(N(c2ccccc2)c2ccc3c(c2)sc2ccc(N(c4ccccc4)c4ccc5sc6ccc(N(c7ccccc7)c7ccccc7)cc6c5c4)cc23)cc1. The van der Waals surface area contributed by atoms with E-state index < -0.39 is 0 Å². The van der Waals surface area contributed by atoms with Crippen molar-refractivity contribution in [2.45, 2.75) is 19.3 Å². The molecule has 6 heterocycles. The topological polar surface area (TPSA) is 40.9 Å². The molecule has 28 rings (SSSR count). The van der Waals surface area contributed by atoms with Gasteiger partial charge in [-0.05, 0) is 258 Å². The van der Waals surface area contributed by atoms with E-state index in [-0.39, 0.29) is 5.41 Å². The van der Waals surface area contributed by atoms with Crippen LogP contribution in [0.2, 0.25) is 0 Å². The third-order valence-corrected chi connectivity index (χ3v) is 30.5. The second kappa shape index (κ2) is 32.0. The van der Waals surface area contributed by atoms with Gasteiger partial charge in [0.1, 0.15) is 11.2 Å². The first-order chi connectivity index (χ1) is 67.7. The van der Waals surface area contributed by atoms with Gasteiger partial charge >= 0.3 is 0 Å². The number of aromatic nitrogens is 3. The van der Waals surface area contributed by atoms with Gasteiger partial charge in [0.2, 0.25) is 0 Å². The molecule has 1 aliphatic carbocycles. The van der Waals surface area contributed by atoms with Crippen molar-refractivity contribution in [2.24, 2.45) is 0 Å². The van der Waals surface area contributed by atoms with Gasteiger partial charge in [-0.25, -0.2) is 0 Å². The Hall–Kier alpha value is -17.3. The van der Waals surface area contributed by atoms with Gasteiger partial charge in [0, 0.05) is 180 Å². The van der Waals surface area contributed by atoms with Crippen LogP contribution in [-0.2, 0) is 5.41 Å². The first-order valence-corrected chi connectivity index (χ1v) is 48.5. The smallest absolute Gasteiger partial charge is 0.137 e. The van der Waals surface area contributed by atoms with Crippen LogP contribution in [0.3, 0.4) is 0 Å². The molecule has 21 aromatic carbocycles. The monoisotopic (exact) mass is 1790 g/mol. The Labute approximate surface area is 799 Å². The molecule has 0 unspecified atom stereocenters. The number of nitrogens with zero attached hydrogens (tertiary/aromatic N) is 7. The van der Waals surface area contributed by atoms with E-state index in [1.165, 1.54) is 128 Å². The van der Waals surface area contributed by atoms with Gasteiger partial charge in [-0.3, -0.25) is 0 Å². The summed E-state index contributed by atoms with van der Waals surface area (Å²) >= 11 is 3.70. The average Bonchev–Trinajstić information content (AvgIpc) is 1.56. The second-order valence-corrected chi connectivity index (χ2v) is 38.5. The number of benzene rings is 21. The summed E-state index contributed by atoms with van der Waals surface area (Å²) in [7, 11) is 0. The third-order valence-electron chi connectivity index (χ3n) is 28.2. The number of anilines is 12. The molecule has 1 aliphatic rings. The average molecular weight is 1790 g/mol. The molecule has 0 amide bonds. The van der Waals surface area contributed by atoms with Crippen molar-refractivity contribution in [3.63, 3.8) is 0 Å². The molecule has 137 heavy (non-hydrogen) atoms. The van der Waals surface area contributed by atoms with Crippen LogP contribution in [-0.4, -0.2) is 13.7 Å². The van der Waals surface area contributed by atoms with Crippen molar-refractivity contribution in [3.8, 4) is 28.2 Å². The van der Waals surface area contributed by atoms with E-state index in [2.05, 4.69) is 526 Å². The fourth-order valence-electron chi connectivity index (χ4n) is 21.9. The minimum Gasteiger partial charge on any atom is -0.456 e. The lowest BCUT2D eigenvalue weighted by molar-refractivity contribution is 0.660. The summed E-state index contributed by atoms with van der Waals surface area (Å²) in [4.78, 5) is 9.52. The van der Waals surface area contributed by atoms with E-state index in [0.717, 1.165) is 118 Å². The van der Waals surface area contributed by atoms with Crippen molar-refractivity contribution in [2.75, 3.05) is 19.6 Å². The van der Waals surface area contributed by atoms with Crippen LogP contribution < -0.4 is 19.6 Å². The lowest BCUT2D eigenvalue weighted by Crippen LogP contribution is -2.15. The number of fused-ring (bicyclic) bond motifs is 22. The summed E-state index contributed by atoms with van der Waals surface area (Å²) in [5, 5.41) is 16.9. The van der Waals surface area contributed by atoms with Gasteiger partial charge in [0.05, 0.1) is 38.8 Å². The molecule has 0 radical (unpaired) electrons. The Morgan fingerprint density at radius 3 is 1.10 bits per heavy atom. The van der Waals surface area contributed by atoms with Crippen LogP contribution in [0.4, 0.5) is 68.2 Å². The van der Waals surface area contributed by atoms with E-state index in [9.17, 15) is 0 Å². The summed E-state index contributed by atoms with van der Waals surface area (Å²) in [5.74, 6) is 0. The maximum absolute atomic E-state index is 6.79. The van der Waals surface area contributed by atoms with Crippen molar-refractivity contribution in [1.82, 2.24) is 13.7 Å². The van der Waals surface area contributed by atoms with Crippen molar-refractivity contribution in [1.29, 1.82) is 0 Å². The maximum Gasteiger partial charge on any atom is 0.137 e. The minimum absolute atomic E-state index is 0.156. The van der Waals surface area contributed by atoms with Gasteiger partial charge in [-0.15, -0.1) is 22.7 Å².